The fourth-order valence-corrected chi connectivity index (χ4v) is 3.86. The molecule has 138 valence electrons. The molecule has 8 heteroatoms. The zero-order valence-electron chi connectivity index (χ0n) is 15.0. The summed E-state index contributed by atoms with van der Waals surface area (Å²) in [5.41, 5.74) is 3.05. The Hall–Kier alpha value is -2.45. The fourth-order valence-electron chi connectivity index (χ4n) is 2.80. The highest BCUT2D eigenvalue weighted by atomic mass is 32.2. The van der Waals surface area contributed by atoms with Crippen molar-refractivity contribution < 1.29 is 9.15 Å². The van der Waals surface area contributed by atoms with Gasteiger partial charge in [0.2, 0.25) is 5.89 Å². The molecule has 2 aromatic heterocycles. The minimum absolute atomic E-state index is 0.562. The van der Waals surface area contributed by atoms with Gasteiger partial charge in [-0.05, 0) is 42.7 Å². The van der Waals surface area contributed by atoms with Crippen molar-refractivity contribution >= 4 is 34.6 Å². The highest BCUT2D eigenvalue weighted by molar-refractivity contribution is 7.98. The summed E-state index contributed by atoms with van der Waals surface area (Å²) in [5, 5.41) is 8.73. The predicted molar refractivity (Wildman–Crippen MR) is 109 cm³/mol. The number of rotatable bonds is 7. The van der Waals surface area contributed by atoms with Crippen molar-refractivity contribution in [2.24, 2.45) is 0 Å². The summed E-state index contributed by atoms with van der Waals surface area (Å²) in [6.07, 6.45) is 2.01. The minimum Gasteiger partial charge on any atom is -0.497 e. The Kier molecular flexibility index (Phi) is 5.35. The van der Waals surface area contributed by atoms with Gasteiger partial charge >= 0.3 is 0 Å². The molecule has 2 aromatic carbocycles. The van der Waals surface area contributed by atoms with Crippen LogP contribution in [0, 0.1) is 0 Å². The van der Waals surface area contributed by atoms with E-state index in [4.69, 9.17) is 14.1 Å². The number of methoxy groups -OCH3 is 1. The van der Waals surface area contributed by atoms with Gasteiger partial charge < -0.3 is 9.15 Å². The second-order valence-corrected chi connectivity index (χ2v) is 7.53. The molecule has 6 nitrogen and oxygen atoms in total. The molecule has 0 aliphatic rings. The van der Waals surface area contributed by atoms with Gasteiger partial charge in [-0.1, -0.05) is 23.9 Å². The number of hydrogen-bond donors (Lipinski definition) is 0. The van der Waals surface area contributed by atoms with Crippen LogP contribution in [0.15, 0.2) is 58.2 Å². The average molecular weight is 399 g/mol. The molecule has 0 aliphatic heterocycles. The highest BCUT2D eigenvalue weighted by Crippen LogP contribution is 2.28. The normalized spacial score (nSPS) is 11.2. The maximum absolute atomic E-state index is 5.66. The molecule has 0 unspecified atom stereocenters. The van der Waals surface area contributed by atoms with E-state index in [2.05, 4.69) is 20.8 Å². The first-order valence-electron chi connectivity index (χ1n) is 8.33. The lowest BCUT2D eigenvalue weighted by molar-refractivity contribution is 0.414. The number of hydrogen-bond acceptors (Lipinski definition) is 7. The van der Waals surface area contributed by atoms with Gasteiger partial charge in [0.15, 0.2) is 0 Å². The molecule has 0 bridgehead atoms. The van der Waals surface area contributed by atoms with E-state index < -0.39 is 0 Å². The fraction of sp³-hybridized carbons (Fsp3) is 0.211. The van der Waals surface area contributed by atoms with Crippen molar-refractivity contribution in [2.75, 3.05) is 13.4 Å². The van der Waals surface area contributed by atoms with E-state index in [1.807, 2.05) is 48.7 Å². The molecule has 0 atom stereocenters. The third-order valence-corrected chi connectivity index (χ3v) is 5.35. The molecule has 27 heavy (non-hydrogen) atoms. The molecule has 0 fully saturated rings. The molecule has 0 aliphatic carbocycles. The maximum atomic E-state index is 5.66. The Morgan fingerprint density at radius 1 is 1.04 bits per heavy atom. The number of para-hydroxylation sites is 2. The Balaban J connectivity index is 1.66. The van der Waals surface area contributed by atoms with Crippen molar-refractivity contribution in [3.8, 4) is 11.4 Å². The van der Waals surface area contributed by atoms with E-state index in [9.17, 15) is 0 Å². The van der Waals surface area contributed by atoms with Gasteiger partial charge in [0, 0.05) is 5.69 Å². The molecule has 0 saturated carbocycles. The van der Waals surface area contributed by atoms with E-state index >= 15 is 0 Å². The molecule has 0 amide bonds. The van der Waals surface area contributed by atoms with Crippen LogP contribution in [0.5, 0.6) is 5.75 Å². The van der Waals surface area contributed by atoms with Crippen LogP contribution in [-0.4, -0.2) is 33.1 Å². The molecule has 0 saturated heterocycles. The van der Waals surface area contributed by atoms with Gasteiger partial charge in [-0.15, -0.1) is 10.2 Å². The van der Waals surface area contributed by atoms with E-state index in [-0.39, 0.29) is 0 Å². The largest absolute Gasteiger partial charge is 0.497 e. The molecule has 0 spiro atoms. The summed E-state index contributed by atoms with van der Waals surface area (Å²) in [6.45, 7) is 0. The van der Waals surface area contributed by atoms with Gasteiger partial charge in [0.05, 0.1) is 29.6 Å². The molecular formula is C19H18N4O2S2. The molecule has 4 rings (SSSR count). The van der Waals surface area contributed by atoms with Crippen LogP contribution < -0.4 is 4.74 Å². The zero-order valence-corrected chi connectivity index (χ0v) is 16.6. The minimum atomic E-state index is 0.562. The Morgan fingerprint density at radius 3 is 2.63 bits per heavy atom. The molecule has 0 N–H and O–H groups in total. The summed E-state index contributed by atoms with van der Waals surface area (Å²) in [7, 11) is 1.67. The smallest absolute Gasteiger partial charge is 0.277 e. The number of benzene rings is 2. The van der Waals surface area contributed by atoms with E-state index in [1.165, 1.54) is 11.8 Å². The zero-order chi connectivity index (χ0) is 18.6. The van der Waals surface area contributed by atoms with E-state index in [0.29, 0.717) is 16.9 Å². The molecular weight excluding hydrogens is 380 g/mol. The number of aromatic nitrogens is 4. The Labute approximate surface area is 165 Å². The van der Waals surface area contributed by atoms with E-state index in [0.717, 1.165) is 34.0 Å². The first kappa shape index (κ1) is 17.9. The van der Waals surface area contributed by atoms with Crippen molar-refractivity contribution in [3.05, 3.63) is 60.2 Å². The lowest BCUT2D eigenvalue weighted by Crippen LogP contribution is -2.00. The van der Waals surface area contributed by atoms with Gasteiger partial charge in [-0.25, -0.2) is 4.98 Å². The summed E-state index contributed by atoms with van der Waals surface area (Å²) < 4.78 is 13.1. The average Bonchev–Trinajstić information content (AvgIpc) is 3.30. The van der Waals surface area contributed by atoms with Crippen molar-refractivity contribution in [1.82, 2.24) is 19.7 Å². The predicted octanol–water partition coefficient (Wildman–Crippen LogP) is 4.57. The number of nitrogens with zero attached hydrogens (tertiary/aromatic N) is 4. The molecule has 0 radical (unpaired) electrons. The lowest BCUT2D eigenvalue weighted by atomic mass is 10.2. The SMILES string of the molecule is COc1ccc(-n2c(CSc3nnc(CSC)o3)nc3ccccc32)cc1. The van der Waals surface area contributed by atoms with Crippen LogP contribution in [0.3, 0.4) is 0 Å². The summed E-state index contributed by atoms with van der Waals surface area (Å²) in [5.74, 6) is 3.75. The maximum Gasteiger partial charge on any atom is 0.277 e. The van der Waals surface area contributed by atoms with Crippen molar-refractivity contribution in [2.45, 2.75) is 16.7 Å². The molecule has 2 heterocycles. The molecule has 4 aromatic rings. The summed E-state index contributed by atoms with van der Waals surface area (Å²) >= 11 is 3.15. The number of fused-ring (bicyclic) bond motifs is 1. The van der Waals surface area contributed by atoms with Gasteiger partial charge in [0.25, 0.3) is 5.22 Å². The van der Waals surface area contributed by atoms with Crippen LogP contribution in [0.25, 0.3) is 16.7 Å². The van der Waals surface area contributed by atoms with Crippen LogP contribution in [0.4, 0.5) is 0 Å². The monoisotopic (exact) mass is 398 g/mol. The van der Waals surface area contributed by atoms with E-state index in [1.54, 1.807) is 18.9 Å². The number of thioether (sulfide) groups is 2. The third kappa shape index (κ3) is 3.81. The van der Waals surface area contributed by atoms with Crippen molar-refractivity contribution in [1.29, 1.82) is 0 Å². The van der Waals surface area contributed by atoms with Crippen LogP contribution in [0.2, 0.25) is 0 Å². The Morgan fingerprint density at radius 2 is 1.85 bits per heavy atom. The summed E-state index contributed by atoms with van der Waals surface area (Å²) in [6, 6.07) is 16.1. The highest BCUT2D eigenvalue weighted by Gasteiger charge is 2.14. The number of ether oxygens (including phenoxy) is 1. The third-order valence-electron chi connectivity index (χ3n) is 4.00. The number of imidazole rings is 1. The first-order valence-corrected chi connectivity index (χ1v) is 10.7. The van der Waals surface area contributed by atoms with Crippen LogP contribution in [0.1, 0.15) is 11.7 Å². The van der Waals surface area contributed by atoms with Crippen LogP contribution >= 0.6 is 23.5 Å². The Bertz CT molecular complexity index is 1040. The second-order valence-electron chi connectivity index (χ2n) is 5.73. The first-order chi connectivity index (χ1) is 13.3. The van der Waals surface area contributed by atoms with Gasteiger partial charge in [0.1, 0.15) is 11.6 Å². The standard InChI is InChI=1S/C19H18N4O2S2/c1-24-14-9-7-13(8-10-14)23-16-6-4-3-5-15(16)20-17(23)11-27-19-22-21-18(25-19)12-26-2/h3-10H,11-12H2,1-2H3. The van der Waals surface area contributed by atoms with Crippen LogP contribution in [-0.2, 0) is 11.5 Å². The van der Waals surface area contributed by atoms with Gasteiger partial charge in [-0.2, -0.15) is 11.8 Å². The summed E-state index contributed by atoms with van der Waals surface area (Å²) in [4.78, 5) is 4.81. The van der Waals surface area contributed by atoms with Gasteiger partial charge in [-0.3, -0.25) is 4.57 Å². The topological polar surface area (TPSA) is 66.0 Å². The lowest BCUT2D eigenvalue weighted by Gasteiger charge is -2.09. The second kappa shape index (κ2) is 8.06. The quantitative estimate of drug-likeness (QED) is 0.422. The van der Waals surface area contributed by atoms with Crippen molar-refractivity contribution in [3.63, 3.8) is 0 Å².